The van der Waals surface area contributed by atoms with Crippen LogP contribution in [0.15, 0.2) is 47.6 Å². The number of nitrogens with zero attached hydrogens (tertiary/aromatic N) is 3. The average molecular weight is 468 g/mol. The quantitative estimate of drug-likeness (QED) is 0.508. The van der Waals surface area contributed by atoms with Crippen molar-refractivity contribution < 1.29 is 14.0 Å². The minimum absolute atomic E-state index is 0.0221. The summed E-state index contributed by atoms with van der Waals surface area (Å²) in [6.45, 7) is 0. The molecule has 2 amide bonds. The van der Waals surface area contributed by atoms with Crippen LogP contribution in [0.2, 0.25) is 10.0 Å². The van der Waals surface area contributed by atoms with Crippen LogP contribution >= 0.6 is 35.0 Å². The first-order valence-electron chi connectivity index (χ1n) is 8.64. The van der Waals surface area contributed by atoms with Crippen molar-refractivity contribution in [3.8, 4) is 0 Å². The molecule has 2 N–H and O–H groups in total. The summed E-state index contributed by atoms with van der Waals surface area (Å²) in [5.74, 6) is -0.499. The van der Waals surface area contributed by atoms with Crippen LogP contribution in [0.1, 0.15) is 5.82 Å². The van der Waals surface area contributed by atoms with Crippen LogP contribution in [-0.2, 0) is 23.1 Å². The summed E-state index contributed by atoms with van der Waals surface area (Å²) in [6.07, 6.45) is -0.0221. The number of rotatable bonds is 7. The van der Waals surface area contributed by atoms with Gasteiger partial charge in [0, 0.05) is 12.7 Å². The smallest absolute Gasteiger partial charge is 0.234 e. The van der Waals surface area contributed by atoms with Gasteiger partial charge in [0.15, 0.2) is 5.16 Å². The van der Waals surface area contributed by atoms with Crippen molar-refractivity contribution in [2.75, 3.05) is 16.4 Å². The molecule has 3 rings (SSSR count). The van der Waals surface area contributed by atoms with Gasteiger partial charge in [-0.3, -0.25) is 9.59 Å². The molecule has 0 saturated carbocycles. The Labute approximate surface area is 186 Å². The van der Waals surface area contributed by atoms with E-state index >= 15 is 0 Å². The zero-order valence-corrected chi connectivity index (χ0v) is 18.0. The fourth-order valence-electron chi connectivity index (χ4n) is 2.42. The van der Waals surface area contributed by atoms with Gasteiger partial charge in [-0.15, -0.1) is 10.2 Å². The molecule has 0 bridgehead atoms. The van der Waals surface area contributed by atoms with E-state index < -0.39 is 0 Å². The van der Waals surface area contributed by atoms with Gasteiger partial charge < -0.3 is 15.2 Å². The van der Waals surface area contributed by atoms with Gasteiger partial charge in [0.1, 0.15) is 11.6 Å². The van der Waals surface area contributed by atoms with Crippen LogP contribution in [0, 0.1) is 5.82 Å². The van der Waals surface area contributed by atoms with Crippen molar-refractivity contribution in [1.29, 1.82) is 0 Å². The number of carbonyl (C=O) groups is 2. The lowest BCUT2D eigenvalue weighted by molar-refractivity contribution is -0.116. The number of halogens is 3. The molecule has 0 aliphatic rings. The number of aromatic nitrogens is 3. The predicted molar refractivity (Wildman–Crippen MR) is 116 cm³/mol. The maximum Gasteiger partial charge on any atom is 0.234 e. The molecule has 7 nitrogen and oxygen atoms in total. The first kappa shape index (κ1) is 22.1. The zero-order chi connectivity index (χ0) is 21.7. The maximum absolute atomic E-state index is 12.9. The molecule has 0 saturated heterocycles. The highest BCUT2D eigenvalue weighted by molar-refractivity contribution is 7.99. The van der Waals surface area contributed by atoms with E-state index in [-0.39, 0.29) is 34.8 Å². The molecule has 0 fully saturated rings. The normalized spacial score (nSPS) is 10.7. The molecule has 0 aliphatic heterocycles. The third-order valence-electron chi connectivity index (χ3n) is 3.93. The fraction of sp³-hybridized carbons (Fsp3) is 0.158. The maximum atomic E-state index is 12.9. The molecule has 1 aromatic heterocycles. The van der Waals surface area contributed by atoms with E-state index in [0.29, 0.717) is 27.4 Å². The molecule has 0 radical (unpaired) electrons. The number of hydrogen-bond donors (Lipinski definition) is 2. The van der Waals surface area contributed by atoms with Crippen molar-refractivity contribution in [3.05, 3.63) is 64.2 Å². The number of nitrogens with one attached hydrogen (secondary N) is 2. The Morgan fingerprint density at radius 1 is 1.07 bits per heavy atom. The molecular formula is C19H16Cl2FN5O2S. The minimum Gasteiger partial charge on any atom is -0.326 e. The van der Waals surface area contributed by atoms with E-state index in [9.17, 15) is 14.0 Å². The fourth-order valence-corrected chi connectivity index (χ4v) is 3.50. The molecular weight excluding hydrogens is 452 g/mol. The number of thioether (sulfide) groups is 1. The number of carbonyl (C=O) groups excluding carboxylic acids is 2. The first-order valence-corrected chi connectivity index (χ1v) is 10.4. The van der Waals surface area contributed by atoms with Gasteiger partial charge >= 0.3 is 0 Å². The van der Waals surface area contributed by atoms with Crippen LogP contribution < -0.4 is 10.6 Å². The Kier molecular flexibility index (Phi) is 7.30. The molecule has 0 atom stereocenters. The Hall–Kier alpha value is -2.62. The Bertz CT molecular complexity index is 1080. The molecule has 2 aromatic carbocycles. The summed E-state index contributed by atoms with van der Waals surface area (Å²) in [5.41, 5.74) is 0.903. The van der Waals surface area contributed by atoms with E-state index in [0.717, 1.165) is 0 Å². The van der Waals surface area contributed by atoms with Crippen LogP contribution in [0.5, 0.6) is 0 Å². The summed E-state index contributed by atoms with van der Waals surface area (Å²) in [5, 5.41) is 14.5. The van der Waals surface area contributed by atoms with Crippen molar-refractivity contribution in [1.82, 2.24) is 14.8 Å². The third-order valence-corrected chi connectivity index (χ3v) is 5.77. The van der Waals surface area contributed by atoms with Gasteiger partial charge in [-0.25, -0.2) is 4.39 Å². The summed E-state index contributed by atoms with van der Waals surface area (Å²) < 4.78 is 14.6. The van der Waals surface area contributed by atoms with E-state index in [4.69, 9.17) is 23.2 Å². The van der Waals surface area contributed by atoms with Crippen molar-refractivity contribution in [2.24, 2.45) is 7.05 Å². The van der Waals surface area contributed by atoms with Gasteiger partial charge in [0.2, 0.25) is 11.8 Å². The second kappa shape index (κ2) is 9.92. The average Bonchev–Trinajstić information content (AvgIpc) is 3.05. The predicted octanol–water partition coefficient (Wildman–Crippen LogP) is 4.17. The van der Waals surface area contributed by atoms with Crippen molar-refractivity contribution in [2.45, 2.75) is 11.6 Å². The van der Waals surface area contributed by atoms with E-state index in [2.05, 4.69) is 20.8 Å². The van der Waals surface area contributed by atoms with E-state index in [1.54, 1.807) is 29.8 Å². The number of hydrogen-bond acceptors (Lipinski definition) is 5. The molecule has 156 valence electrons. The molecule has 0 spiro atoms. The molecule has 11 heteroatoms. The standard InChI is InChI=1S/C19H16Cl2FN5O2S/c1-27-15(9-16(28)23-12-7-5-11(22)6-8-12)25-26-19(27)30-10-17(29)24-14-4-2-3-13(20)18(14)21/h2-8H,9-10H2,1H3,(H,23,28)(H,24,29). The van der Waals surface area contributed by atoms with Crippen molar-refractivity contribution >= 4 is 58.2 Å². The molecule has 0 aliphatic carbocycles. The molecule has 30 heavy (non-hydrogen) atoms. The summed E-state index contributed by atoms with van der Waals surface area (Å²) in [6, 6.07) is 10.4. The highest BCUT2D eigenvalue weighted by atomic mass is 35.5. The van der Waals surface area contributed by atoms with Gasteiger partial charge in [0.05, 0.1) is 27.9 Å². The lowest BCUT2D eigenvalue weighted by Crippen LogP contribution is -2.17. The van der Waals surface area contributed by atoms with Crippen LogP contribution in [0.3, 0.4) is 0 Å². The minimum atomic E-state index is -0.385. The van der Waals surface area contributed by atoms with Gasteiger partial charge in [-0.1, -0.05) is 41.0 Å². The highest BCUT2D eigenvalue weighted by Gasteiger charge is 2.15. The number of benzene rings is 2. The topological polar surface area (TPSA) is 88.9 Å². The molecule has 3 aromatic rings. The van der Waals surface area contributed by atoms with Gasteiger partial charge in [-0.05, 0) is 36.4 Å². The van der Waals surface area contributed by atoms with Crippen LogP contribution in [-0.4, -0.2) is 32.3 Å². The third kappa shape index (κ3) is 5.71. The second-order valence-corrected chi connectivity index (χ2v) is 7.86. The Balaban J connectivity index is 1.54. The molecule has 1 heterocycles. The van der Waals surface area contributed by atoms with E-state index in [1.807, 2.05) is 0 Å². The molecule has 0 unspecified atom stereocenters. The second-order valence-electron chi connectivity index (χ2n) is 6.13. The summed E-state index contributed by atoms with van der Waals surface area (Å²) in [4.78, 5) is 24.4. The Morgan fingerprint density at radius 2 is 1.80 bits per heavy atom. The lowest BCUT2D eigenvalue weighted by atomic mass is 10.3. The number of anilines is 2. The Morgan fingerprint density at radius 3 is 2.53 bits per heavy atom. The van der Waals surface area contributed by atoms with Crippen molar-refractivity contribution in [3.63, 3.8) is 0 Å². The van der Waals surface area contributed by atoms with E-state index in [1.165, 1.54) is 36.0 Å². The van der Waals surface area contributed by atoms with Crippen LogP contribution in [0.25, 0.3) is 0 Å². The summed E-state index contributed by atoms with van der Waals surface area (Å²) in [7, 11) is 1.70. The highest BCUT2D eigenvalue weighted by Crippen LogP contribution is 2.29. The van der Waals surface area contributed by atoms with Gasteiger partial charge in [0.25, 0.3) is 0 Å². The zero-order valence-electron chi connectivity index (χ0n) is 15.7. The summed E-state index contributed by atoms with van der Waals surface area (Å²) >= 11 is 13.2. The first-order chi connectivity index (χ1) is 14.3. The van der Waals surface area contributed by atoms with Gasteiger partial charge in [-0.2, -0.15) is 0 Å². The largest absolute Gasteiger partial charge is 0.326 e. The SMILES string of the molecule is Cn1c(CC(=O)Nc2ccc(F)cc2)nnc1SCC(=O)Nc1cccc(Cl)c1Cl. The monoisotopic (exact) mass is 467 g/mol. The van der Waals surface area contributed by atoms with Crippen LogP contribution in [0.4, 0.5) is 15.8 Å². The lowest BCUT2D eigenvalue weighted by Gasteiger charge is -2.08. The number of amides is 2.